The Hall–Kier alpha value is -3.46. The number of H-pyrrole nitrogens is 1. The summed E-state index contributed by atoms with van der Waals surface area (Å²) in [5.41, 5.74) is 3.69. The van der Waals surface area contributed by atoms with Crippen molar-refractivity contribution in [2.45, 2.75) is 6.92 Å². The topological polar surface area (TPSA) is 105 Å². The molecule has 2 N–H and O–H groups in total. The highest BCUT2D eigenvalue weighted by Crippen LogP contribution is 2.24. The average Bonchev–Trinajstić information content (AvgIpc) is 3.35. The van der Waals surface area contributed by atoms with E-state index >= 15 is 0 Å². The van der Waals surface area contributed by atoms with E-state index in [9.17, 15) is 0 Å². The number of anilines is 3. The fourth-order valence-electron chi connectivity index (χ4n) is 3.11. The third kappa shape index (κ3) is 3.27. The number of aromatic nitrogens is 5. The first-order valence-electron chi connectivity index (χ1n) is 9.11. The van der Waals surface area contributed by atoms with Crippen LogP contribution in [0.15, 0.2) is 40.9 Å². The van der Waals surface area contributed by atoms with Crippen LogP contribution in [0.2, 0.25) is 0 Å². The second-order valence-electron chi connectivity index (χ2n) is 6.65. The lowest BCUT2D eigenvalue weighted by Crippen LogP contribution is -2.36. The average molecular weight is 377 g/mol. The quantitative estimate of drug-likeness (QED) is 0.559. The van der Waals surface area contributed by atoms with Gasteiger partial charge in [-0.05, 0) is 19.1 Å². The van der Waals surface area contributed by atoms with E-state index in [-0.39, 0.29) is 6.01 Å². The minimum Gasteiger partial charge on any atom is -0.403 e. The van der Waals surface area contributed by atoms with E-state index in [2.05, 4.69) is 35.4 Å². The lowest BCUT2D eigenvalue weighted by Gasteiger charge is -2.27. The Kier molecular flexibility index (Phi) is 4.13. The van der Waals surface area contributed by atoms with Crippen molar-refractivity contribution in [3.8, 4) is 11.5 Å². The number of rotatable bonds is 4. The zero-order valence-electron chi connectivity index (χ0n) is 15.3. The number of aromatic amines is 1. The Bertz CT molecular complexity index is 1100. The summed E-state index contributed by atoms with van der Waals surface area (Å²) in [5.74, 6) is 1.87. The lowest BCUT2D eigenvalue weighted by atomic mass is 10.1. The molecule has 4 aromatic rings. The third-order valence-electron chi connectivity index (χ3n) is 4.64. The molecule has 1 aliphatic rings. The Morgan fingerprint density at radius 1 is 1.11 bits per heavy atom. The molecule has 0 radical (unpaired) electrons. The molecule has 0 unspecified atom stereocenters. The smallest absolute Gasteiger partial charge is 0.322 e. The highest BCUT2D eigenvalue weighted by Gasteiger charge is 2.15. The SMILES string of the molecule is Cc1ccc(-c2nnc(Nc3nc4cc(N5CCOCC5)ncc4[nH]3)o2)cc1. The maximum atomic E-state index is 5.70. The molecule has 142 valence electrons. The molecule has 0 bridgehead atoms. The van der Waals surface area contributed by atoms with Gasteiger partial charge in [0.15, 0.2) is 0 Å². The van der Waals surface area contributed by atoms with Crippen molar-refractivity contribution < 1.29 is 9.15 Å². The van der Waals surface area contributed by atoms with Gasteiger partial charge in [0.1, 0.15) is 5.82 Å². The molecule has 1 fully saturated rings. The molecule has 0 amide bonds. The zero-order valence-corrected chi connectivity index (χ0v) is 15.3. The molecule has 0 aliphatic carbocycles. The van der Waals surface area contributed by atoms with Crippen molar-refractivity contribution >= 4 is 28.8 Å². The number of hydrogen-bond acceptors (Lipinski definition) is 8. The van der Waals surface area contributed by atoms with Crippen LogP contribution in [0.25, 0.3) is 22.5 Å². The molecule has 9 heteroatoms. The molecular formula is C19H19N7O2. The van der Waals surface area contributed by atoms with Crippen molar-refractivity contribution in [2.75, 3.05) is 36.5 Å². The van der Waals surface area contributed by atoms with Crippen LogP contribution in [0.5, 0.6) is 0 Å². The minimum atomic E-state index is 0.274. The lowest BCUT2D eigenvalue weighted by molar-refractivity contribution is 0.122. The molecule has 5 rings (SSSR count). The maximum Gasteiger partial charge on any atom is 0.322 e. The normalized spacial score (nSPS) is 14.5. The predicted octanol–water partition coefficient (Wildman–Crippen LogP) is 2.90. The van der Waals surface area contributed by atoms with E-state index in [1.807, 2.05) is 37.3 Å². The number of nitrogens with one attached hydrogen (secondary N) is 2. The second kappa shape index (κ2) is 6.93. The maximum absolute atomic E-state index is 5.70. The van der Waals surface area contributed by atoms with Crippen LogP contribution in [-0.4, -0.2) is 51.5 Å². The van der Waals surface area contributed by atoms with Crippen LogP contribution in [0.3, 0.4) is 0 Å². The van der Waals surface area contributed by atoms with Gasteiger partial charge < -0.3 is 19.0 Å². The van der Waals surface area contributed by atoms with Crippen molar-refractivity contribution in [2.24, 2.45) is 0 Å². The summed E-state index contributed by atoms with van der Waals surface area (Å²) < 4.78 is 11.1. The molecule has 0 spiro atoms. The van der Waals surface area contributed by atoms with Gasteiger partial charge in [-0.15, -0.1) is 5.10 Å². The van der Waals surface area contributed by atoms with E-state index in [1.54, 1.807) is 6.20 Å². The summed E-state index contributed by atoms with van der Waals surface area (Å²) in [6.07, 6.45) is 1.78. The van der Waals surface area contributed by atoms with Crippen LogP contribution in [0.1, 0.15) is 5.56 Å². The van der Waals surface area contributed by atoms with E-state index in [0.717, 1.165) is 35.5 Å². The number of ether oxygens (including phenoxy) is 1. The molecule has 0 saturated carbocycles. The summed E-state index contributed by atoms with van der Waals surface area (Å²) in [5, 5.41) is 11.2. The van der Waals surface area contributed by atoms with Crippen molar-refractivity contribution in [1.82, 2.24) is 25.1 Å². The standard InChI is InChI=1S/C19H19N7O2/c1-12-2-4-13(5-3-12)17-24-25-19(28-17)23-18-21-14-10-16(20-11-15(14)22-18)26-6-8-27-9-7-26/h2-5,10-11H,6-9H2,1H3,(H2,21,22,23,25). The van der Waals surface area contributed by atoms with Crippen LogP contribution in [0.4, 0.5) is 17.8 Å². The first-order chi connectivity index (χ1) is 13.7. The Morgan fingerprint density at radius 3 is 2.75 bits per heavy atom. The molecule has 1 aromatic carbocycles. The van der Waals surface area contributed by atoms with Crippen LogP contribution < -0.4 is 10.2 Å². The fourth-order valence-corrected chi connectivity index (χ4v) is 3.11. The number of aryl methyl sites for hydroxylation is 1. The number of morpholine rings is 1. The first kappa shape index (κ1) is 16.7. The van der Waals surface area contributed by atoms with Crippen LogP contribution >= 0.6 is 0 Å². The largest absolute Gasteiger partial charge is 0.403 e. The number of pyridine rings is 1. The van der Waals surface area contributed by atoms with E-state index in [0.29, 0.717) is 25.1 Å². The van der Waals surface area contributed by atoms with Gasteiger partial charge in [-0.2, -0.15) is 0 Å². The van der Waals surface area contributed by atoms with E-state index < -0.39 is 0 Å². The molecule has 3 aromatic heterocycles. The van der Waals surface area contributed by atoms with Crippen molar-refractivity contribution in [3.05, 3.63) is 42.1 Å². The third-order valence-corrected chi connectivity index (χ3v) is 4.64. The van der Waals surface area contributed by atoms with Crippen molar-refractivity contribution in [1.29, 1.82) is 0 Å². The van der Waals surface area contributed by atoms with Crippen LogP contribution in [-0.2, 0) is 4.74 Å². The Morgan fingerprint density at radius 2 is 1.93 bits per heavy atom. The summed E-state index contributed by atoms with van der Waals surface area (Å²) in [6, 6.07) is 10.2. The van der Waals surface area contributed by atoms with Gasteiger partial charge in [-0.3, -0.25) is 5.32 Å². The van der Waals surface area contributed by atoms with Crippen molar-refractivity contribution in [3.63, 3.8) is 0 Å². The number of hydrogen-bond donors (Lipinski definition) is 2. The Balaban J connectivity index is 1.36. The summed E-state index contributed by atoms with van der Waals surface area (Å²) in [6.45, 7) is 5.13. The number of benzene rings is 1. The number of nitrogens with zero attached hydrogens (tertiary/aromatic N) is 5. The summed E-state index contributed by atoms with van der Waals surface area (Å²) in [7, 11) is 0. The number of imidazole rings is 1. The van der Waals surface area contributed by atoms with Gasteiger partial charge in [-0.25, -0.2) is 9.97 Å². The molecular weight excluding hydrogens is 358 g/mol. The van der Waals surface area contributed by atoms with Gasteiger partial charge in [0, 0.05) is 24.7 Å². The fraction of sp³-hybridized carbons (Fsp3) is 0.263. The summed E-state index contributed by atoms with van der Waals surface area (Å²) in [4.78, 5) is 14.5. The molecule has 1 saturated heterocycles. The molecule has 0 atom stereocenters. The predicted molar refractivity (Wildman–Crippen MR) is 105 cm³/mol. The van der Waals surface area contributed by atoms with Gasteiger partial charge in [-0.1, -0.05) is 22.8 Å². The monoisotopic (exact) mass is 377 g/mol. The minimum absolute atomic E-state index is 0.274. The molecule has 1 aliphatic heterocycles. The molecule has 9 nitrogen and oxygen atoms in total. The van der Waals surface area contributed by atoms with Gasteiger partial charge in [0.25, 0.3) is 0 Å². The van der Waals surface area contributed by atoms with E-state index in [4.69, 9.17) is 9.15 Å². The Labute approximate surface area is 160 Å². The highest BCUT2D eigenvalue weighted by molar-refractivity contribution is 5.79. The van der Waals surface area contributed by atoms with Crippen LogP contribution in [0, 0.1) is 6.92 Å². The van der Waals surface area contributed by atoms with Gasteiger partial charge in [0.2, 0.25) is 11.8 Å². The van der Waals surface area contributed by atoms with Gasteiger partial charge >= 0.3 is 6.01 Å². The zero-order chi connectivity index (χ0) is 18.9. The molecule has 4 heterocycles. The van der Waals surface area contributed by atoms with Gasteiger partial charge in [0.05, 0.1) is 30.4 Å². The summed E-state index contributed by atoms with van der Waals surface area (Å²) >= 11 is 0. The van der Waals surface area contributed by atoms with E-state index in [1.165, 1.54) is 5.56 Å². The second-order valence-corrected chi connectivity index (χ2v) is 6.65. The molecule has 28 heavy (non-hydrogen) atoms. The number of fused-ring (bicyclic) bond motifs is 1. The highest BCUT2D eigenvalue weighted by atomic mass is 16.5. The first-order valence-corrected chi connectivity index (χ1v) is 9.11.